The first-order valence-corrected chi connectivity index (χ1v) is 11.3. The predicted octanol–water partition coefficient (Wildman–Crippen LogP) is 1.74. The second kappa shape index (κ2) is 9.08. The van der Waals surface area contributed by atoms with E-state index in [9.17, 15) is 19.5 Å². The monoisotopic (exact) mass is 466 g/mol. The SMILES string of the molecule is COCc1cc(=O)c(O)c([C@@H](CC(=O)N2CCOCC2)c2cc3cccc4c3n(c2=O)CC4)o1. The third-order valence-corrected chi connectivity index (χ3v) is 6.55. The molecule has 178 valence electrons. The quantitative estimate of drug-likeness (QED) is 0.589. The number of hydrogen-bond donors (Lipinski definition) is 1. The largest absolute Gasteiger partial charge is 0.502 e. The number of aromatic hydroxyl groups is 1. The fourth-order valence-corrected chi connectivity index (χ4v) is 4.91. The van der Waals surface area contributed by atoms with Crippen molar-refractivity contribution in [2.75, 3.05) is 33.4 Å². The summed E-state index contributed by atoms with van der Waals surface area (Å²) in [6, 6.07) is 8.77. The van der Waals surface area contributed by atoms with Gasteiger partial charge >= 0.3 is 0 Å². The molecular weight excluding hydrogens is 440 g/mol. The summed E-state index contributed by atoms with van der Waals surface area (Å²) >= 11 is 0. The molecule has 9 nitrogen and oxygen atoms in total. The molecule has 2 aromatic heterocycles. The van der Waals surface area contributed by atoms with Crippen molar-refractivity contribution in [2.45, 2.75) is 31.9 Å². The van der Waals surface area contributed by atoms with Gasteiger partial charge in [0.25, 0.3) is 5.56 Å². The summed E-state index contributed by atoms with van der Waals surface area (Å²) in [6.45, 7) is 2.30. The van der Waals surface area contributed by atoms with E-state index in [4.69, 9.17) is 13.9 Å². The Hall–Kier alpha value is -3.43. The molecule has 1 aromatic carbocycles. The lowest BCUT2D eigenvalue weighted by Gasteiger charge is -2.28. The molecule has 3 aromatic rings. The van der Waals surface area contributed by atoms with Gasteiger partial charge in [0.1, 0.15) is 12.4 Å². The number of amides is 1. The average Bonchev–Trinajstić information content (AvgIpc) is 3.29. The predicted molar refractivity (Wildman–Crippen MR) is 123 cm³/mol. The topological polar surface area (TPSA) is 111 Å². The van der Waals surface area contributed by atoms with Gasteiger partial charge in [0.15, 0.2) is 5.76 Å². The highest BCUT2D eigenvalue weighted by Crippen LogP contribution is 2.35. The van der Waals surface area contributed by atoms with Crippen molar-refractivity contribution in [3.63, 3.8) is 0 Å². The summed E-state index contributed by atoms with van der Waals surface area (Å²) in [7, 11) is 1.46. The molecule has 1 saturated heterocycles. The van der Waals surface area contributed by atoms with E-state index < -0.39 is 17.1 Å². The number of hydrogen-bond acceptors (Lipinski definition) is 7. The van der Waals surface area contributed by atoms with Crippen molar-refractivity contribution in [2.24, 2.45) is 0 Å². The molecule has 0 saturated carbocycles. The number of aromatic nitrogens is 1. The van der Waals surface area contributed by atoms with Crippen LogP contribution in [0.3, 0.4) is 0 Å². The van der Waals surface area contributed by atoms with Crippen LogP contribution in [0, 0.1) is 0 Å². The minimum Gasteiger partial charge on any atom is -0.502 e. The van der Waals surface area contributed by atoms with E-state index in [0.29, 0.717) is 38.4 Å². The van der Waals surface area contributed by atoms with E-state index in [1.807, 2.05) is 18.2 Å². The Morgan fingerprint density at radius 1 is 1.18 bits per heavy atom. The number of para-hydroxylation sites is 1. The number of methoxy groups -OCH3 is 1. The summed E-state index contributed by atoms with van der Waals surface area (Å²) in [5.74, 6) is -1.64. The maximum absolute atomic E-state index is 13.6. The van der Waals surface area contributed by atoms with Gasteiger partial charge in [0.05, 0.1) is 24.6 Å². The van der Waals surface area contributed by atoms with Crippen LogP contribution in [0.15, 0.2) is 44.3 Å². The maximum atomic E-state index is 13.6. The molecule has 34 heavy (non-hydrogen) atoms. The summed E-state index contributed by atoms with van der Waals surface area (Å²) in [5, 5.41) is 11.5. The van der Waals surface area contributed by atoms with E-state index >= 15 is 0 Å². The Kier molecular flexibility index (Phi) is 5.97. The first-order chi connectivity index (χ1) is 16.5. The van der Waals surface area contributed by atoms with Gasteiger partial charge in [-0.3, -0.25) is 14.4 Å². The standard InChI is InChI=1S/C25H26N2O7/c1-32-14-17-12-20(28)23(30)24(34-17)18(13-21(29)26-7-9-33-10-8-26)19-11-16-4-2-3-15-5-6-27(22(15)16)25(19)31/h2-4,11-12,18,30H,5-10,13-14H2,1H3/t18-/m0/s1. The number of ether oxygens (including phenoxy) is 2. The molecule has 4 heterocycles. The fraction of sp³-hybridized carbons (Fsp3) is 0.400. The molecule has 2 aliphatic rings. The van der Waals surface area contributed by atoms with E-state index in [-0.39, 0.29) is 36.0 Å². The third kappa shape index (κ3) is 3.91. The van der Waals surface area contributed by atoms with Crippen LogP contribution in [0.25, 0.3) is 10.9 Å². The highest BCUT2D eigenvalue weighted by molar-refractivity contribution is 5.85. The van der Waals surface area contributed by atoms with Crippen molar-refractivity contribution in [1.29, 1.82) is 0 Å². The van der Waals surface area contributed by atoms with Gasteiger partial charge in [-0.05, 0) is 23.4 Å². The number of carbonyl (C=O) groups is 1. The van der Waals surface area contributed by atoms with Gasteiger partial charge in [0, 0.05) is 44.8 Å². The van der Waals surface area contributed by atoms with Crippen molar-refractivity contribution >= 4 is 16.8 Å². The lowest BCUT2D eigenvalue weighted by Crippen LogP contribution is -2.41. The van der Waals surface area contributed by atoms with E-state index in [1.54, 1.807) is 15.5 Å². The molecule has 5 rings (SSSR count). The Labute approximate surface area is 195 Å². The van der Waals surface area contributed by atoms with Crippen LogP contribution in [0.2, 0.25) is 0 Å². The normalized spacial score (nSPS) is 16.2. The maximum Gasteiger partial charge on any atom is 0.255 e. The van der Waals surface area contributed by atoms with Crippen LogP contribution < -0.4 is 11.0 Å². The summed E-state index contributed by atoms with van der Waals surface area (Å²) in [6.07, 6.45) is 0.616. The van der Waals surface area contributed by atoms with E-state index in [2.05, 4.69) is 0 Å². The molecule has 1 amide bonds. The van der Waals surface area contributed by atoms with Crippen LogP contribution in [0.4, 0.5) is 0 Å². The first kappa shape index (κ1) is 22.4. The molecule has 1 atom stereocenters. The minimum atomic E-state index is -0.940. The zero-order valence-electron chi connectivity index (χ0n) is 18.9. The number of benzene rings is 1. The minimum absolute atomic E-state index is 0.0119. The van der Waals surface area contributed by atoms with Gasteiger partial charge in [-0.2, -0.15) is 0 Å². The Morgan fingerprint density at radius 2 is 1.97 bits per heavy atom. The van der Waals surface area contributed by atoms with Crippen molar-refractivity contribution in [1.82, 2.24) is 9.47 Å². The fourth-order valence-electron chi connectivity index (χ4n) is 4.91. The highest BCUT2D eigenvalue weighted by atomic mass is 16.5. The number of rotatable bonds is 6. The number of nitrogens with zero attached hydrogens (tertiary/aromatic N) is 2. The molecule has 0 spiro atoms. The smallest absolute Gasteiger partial charge is 0.255 e. The lowest BCUT2D eigenvalue weighted by atomic mass is 9.91. The Morgan fingerprint density at radius 3 is 2.74 bits per heavy atom. The van der Waals surface area contributed by atoms with Crippen LogP contribution in [0.5, 0.6) is 5.75 Å². The molecule has 0 unspecified atom stereocenters. The molecule has 0 radical (unpaired) electrons. The number of carbonyl (C=O) groups excluding carboxylic acids is 1. The average molecular weight is 466 g/mol. The molecule has 1 N–H and O–H groups in total. The summed E-state index contributed by atoms with van der Waals surface area (Å²) in [5.41, 5.74) is 1.38. The number of pyridine rings is 1. The van der Waals surface area contributed by atoms with Gasteiger partial charge < -0.3 is 28.5 Å². The van der Waals surface area contributed by atoms with Crippen LogP contribution >= 0.6 is 0 Å². The molecular formula is C25H26N2O7. The van der Waals surface area contributed by atoms with Gasteiger partial charge in [-0.25, -0.2) is 0 Å². The molecule has 1 fully saturated rings. The van der Waals surface area contributed by atoms with Crippen LogP contribution in [-0.2, 0) is 33.8 Å². The van der Waals surface area contributed by atoms with Crippen LogP contribution in [0.1, 0.15) is 35.0 Å². The van der Waals surface area contributed by atoms with Crippen LogP contribution in [-0.4, -0.2) is 53.9 Å². The van der Waals surface area contributed by atoms with E-state index in [1.165, 1.54) is 7.11 Å². The number of aryl methyl sites for hydroxylation is 2. The molecule has 2 aliphatic heterocycles. The first-order valence-electron chi connectivity index (χ1n) is 11.3. The molecule has 0 bridgehead atoms. The Bertz CT molecular complexity index is 1370. The highest BCUT2D eigenvalue weighted by Gasteiger charge is 2.32. The summed E-state index contributed by atoms with van der Waals surface area (Å²) in [4.78, 5) is 41.0. The van der Waals surface area contributed by atoms with Crippen molar-refractivity contribution < 1.29 is 23.8 Å². The van der Waals surface area contributed by atoms with Crippen molar-refractivity contribution in [3.8, 4) is 5.75 Å². The zero-order valence-corrected chi connectivity index (χ0v) is 18.9. The Balaban J connectivity index is 1.67. The van der Waals surface area contributed by atoms with E-state index in [0.717, 1.165) is 29.0 Å². The second-order valence-corrected chi connectivity index (χ2v) is 8.63. The molecule has 9 heteroatoms. The number of morpholine rings is 1. The zero-order chi connectivity index (χ0) is 23.8. The van der Waals surface area contributed by atoms with Gasteiger partial charge in [-0.15, -0.1) is 0 Å². The third-order valence-electron chi connectivity index (χ3n) is 6.55. The van der Waals surface area contributed by atoms with Crippen molar-refractivity contribution in [3.05, 3.63) is 73.6 Å². The molecule has 0 aliphatic carbocycles. The lowest BCUT2D eigenvalue weighted by molar-refractivity contribution is -0.135. The van der Waals surface area contributed by atoms with Gasteiger partial charge in [-0.1, -0.05) is 18.2 Å². The second-order valence-electron chi connectivity index (χ2n) is 8.63. The van der Waals surface area contributed by atoms with Gasteiger partial charge in [0.2, 0.25) is 17.1 Å². The summed E-state index contributed by atoms with van der Waals surface area (Å²) < 4.78 is 18.0.